The molecule has 0 bridgehead atoms. The van der Waals surface area contributed by atoms with E-state index in [9.17, 15) is 9.59 Å². The molecule has 0 radical (unpaired) electrons. The van der Waals surface area contributed by atoms with Gasteiger partial charge in [-0.25, -0.2) is 14.3 Å². The van der Waals surface area contributed by atoms with Gasteiger partial charge in [-0.05, 0) is 30.4 Å². The predicted octanol–water partition coefficient (Wildman–Crippen LogP) is 0.122. The van der Waals surface area contributed by atoms with Gasteiger partial charge >= 0.3 is 6.03 Å². The molecule has 3 heterocycles. The van der Waals surface area contributed by atoms with Gasteiger partial charge in [0.25, 0.3) is 0 Å². The largest absolute Gasteiger partial charge is 0.329 e. The maximum absolute atomic E-state index is 11.9. The molecule has 2 aromatic rings. The molecule has 2 aromatic heterocycles. The Morgan fingerprint density at radius 2 is 2.19 bits per heavy atom. The summed E-state index contributed by atoms with van der Waals surface area (Å²) >= 11 is 0. The number of pyridine rings is 1. The molecular weight excluding hydrogens is 272 g/mol. The van der Waals surface area contributed by atoms with Crippen LogP contribution in [0.25, 0.3) is 5.65 Å². The van der Waals surface area contributed by atoms with Crippen molar-refractivity contribution in [3.63, 3.8) is 0 Å². The number of amides is 3. The van der Waals surface area contributed by atoms with Gasteiger partial charge in [0.15, 0.2) is 11.5 Å². The van der Waals surface area contributed by atoms with Gasteiger partial charge in [-0.2, -0.15) is 0 Å². The molecule has 1 aliphatic carbocycles. The van der Waals surface area contributed by atoms with Crippen LogP contribution in [0.5, 0.6) is 0 Å². The van der Waals surface area contributed by atoms with Gasteiger partial charge in [0.2, 0.25) is 5.91 Å². The van der Waals surface area contributed by atoms with Crippen LogP contribution in [0.3, 0.4) is 0 Å². The normalized spacial score (nSPS) is 18.6. The van der Waals surface area contributed by atoms with Crippen molar-refractivity contribution in [2.45, 2.75) is 25.3 Å². The Hall–Kier alpha value is -2.48. The number of nitrogens with two attached hydrogens (primary N) is 1. The smallest absolute Gasteiger partial charge is 0.324 e. The van der Waals surface area contributed by atoms with Crippen molar-refractivity contribution < 1.29 is 9.59 Å². The molecule has 0 aromatic carbocycles. The quantitative estimate of drug-likeness (QED) is 0.780. The summed E-state index contributed by atoms with van der Waals surface area (Å²) in [5.41, 5.74) is 7.85. The number of nitrogens with zero attached hydrogens (tertiary/aromatic N) is 4. The van der Waals surface area contributed by atoms with Crippen molar-refractivity contribution in [3.05, 3.63) is 23.7 Å². The second-order valence-corrected chi connectivity index (χ2v) is 5.37. The van der Waals surface area contributed by atoms with Gasteiger partial charge in [-0.1, -0.05) is 0 Å². The van der Waals surface area contributed by atoms with Gasteiger partial charge in [0, 0.05) is 6.20 Å². The van der Waals surface area contributed by atoms with E-state index in [1.165, 1.54) is 4.90 Å². The highest BCUT2D eigenvalue weighted by Gasteiger charge is 2.32. The van der Waals surface area contributed by atoms with Gasteiger partial charge < -0.3 is 5.73 Å². The summed E-state index contributed by atoms with van der Waals surface area (Å²) in [6.45, 7) is 0.235. The SMILES string of the molecule is NCc1nc2c(N3CC(=O)NC3=O)cc(C3CC3)cn2n1. The number of aromatic nitrogens is 3. The third-order valence-electron chi connectivity index (χ3n) is 3.79. The second-order valence-electron chi connectivity index (χ2n) is 5.37. The molecule has 3 amide bonds. The summed E-state index contributed by atoms with van der Waals surface area (Å²) in [5, 5.41) is 6.60. The zero-order chi connectivity index (χ0) is 14.6. The Bertz CT molecular complexity index is 763. The summed E-state index contributed by atoms with van der Waals surface area (Å²) in [6.07, 6.45) is 4.20. The standard InChI is InChI=1S/C13H14N6O2/c14-4-10-15-12-9(18-6-11(20)16-13(18)21)3-8(7-1-2-7)5-19(12)17-10/h3,5,7H,1-2,4,6,14H2,(H,16,20,21). The second kappa shape index (κ2) is 4.26. The number of rotatable bonds is 3. The predicted molar refractivity (Wildman–Crippen MR) is 73.7 cm³/mol. The topological polar surface area (TPSA) is 106 Å². The van der Waals surface area contributed by atoms with Crippen LogP contribution in [-0.2, 0) is 11.3 Å². The summed E-state index contributed by atoms with van der Waals surface area (Å²) in [6, 6.07) is 1.51. The third kappa shape index (κ3) is 1.95. The molecule has 108 valence electrons. The summed E-state index contributed by atoms with van der Waals surface area (Å²) < 4.78 is 1.65. The number of carbonyl (C=O) groups excluding carboxylic acids is 2. The van der Waals surface area contributed by atoms with Crippen molar-refractivity contribution in [2.24, 2.45) is 5.73 Å². The average molecular weight is 286 g/mol. The van der Waals surface area contributed by atoms with Gasteiger partial charge in [0.05, 0.1) is 12.2 Å². The number of fused-ring (bicyclic) bond motifs is 1. The molecule has 0 spiro atoms. The fourth-order valence-corrected chi connectivity index (χ4v) is 2.59. The van der Waals surface area contributed by atoms with E-state index >= 15 is 0 Å². The first-order valence-electron chi connectivity index (χ1n) is 6.86. The molecule has 1 aliphatic heterocycles. The lowest BCUT2D eigenvalue weighted by atomic mass is 10.1. The van der Waals surface area contributed by atoms with E-state index in [1.54, 1.807) is 4.52 Å². The van der Waals surface area contributed by atoms with Crippen LogP contribution in [0, 0.1) is 0 Å². The zero-order valence-electron chi connectivity index (χ0n) is 11.2. The van der Waals surface area contributed by atoms with Crippen LogP contribution < -0.4 is 16.0 Å². The average Bonchev–Trinajstić information content (AvgIpc) is 3.14. The molecule has 2 aliphatic rings. The minimum atomic E-state index is -0.424. The van der Waals surface area contributed by atoms with Crippen molar-refractivity contribution >= 4 is 23.3 Å². The van der Waals surface area contributed by atoms with E-state index < -0.39 is 6.03 Å². The molecule has 21 heavy (non-hydrogen) atoms. The van der Waals surface area contributed by atoms with Gasteiger partial charge in [0.1, 0.15) is 6.54 Å². The fraction of sp³-hybridized carbons (Fsp3) is 0.385. The minimum Gasteiger partial charge on any atom is -0.324 e. The Morgan fingerprint density at radius 1 is 1.38 bits per heavy atom. The number of hydrogen-bond donors (Lipinski definition) is 2. The fourth-order valence-electron chi connectivity index (χ4n) is 2.59. The number of anilines is 1. The molecule has 8 heteroatoms. The van der Waals surface area contributed by atoms with Crippen LogP contribution in [0.1, 0.15) is 30.1 Å². The molecule has 1 saturated heterocycles. The monoisotopic (exact) mass is 286 g/mol. The zero-order valence-corrected chi connectivity index (χ0v) is 11.2. The van der Waals surface area contributed by atoms with Crippen molar-refractivity contribution in [2.75, 3.05) is 11.4 Å². The lowest BCUT2D eigenvalue weighted by Gasteiger charge is -2.15. The molecule has 3 N–H and O–H groups in total. The Balaban J connectivity index is 1.90. The van der Waals surface area contributed by atoms with E-state index in [2.05, 4.69) is 15.4 Å². The first-order chi connectivity index (χ1) is 10.2. The number of imide groups is 1. The molecular formula is C13H14N6O2. The van der Waals surface area contributed by atoms with E-state index in [0.29, 0.717) is 23.1 Å². The maximum atomic E-state index is 11.9. The van der Waals surface area contributed by atoms with Crippen molar-refractivity contribution in [3.8, 4) is 0 Å². The highest BCUT2D eigenvalue weighted by Crippen LogP contribution is 2.41. The summed E-state index contributed by atoms with van der Waals surface area (Å²) in [7, 11) is 0. The molecule has 8 nitrogen and oxygen atoms in total. The summed E-state index contributed by atoms with van der Waals surface area (Å²) in [5.74, 6) is 0.698. The van der Waals surface area contributed by atoms with Crippen LogP contribution >= 0.6 is 0 Å². The molecule has 2 fully saturated rings. The Kier molecular flexibility index (Phi) is 2.49. The third-order valence-corrected chi connectivity index (χ3v) is 3.79. The minimum absolute atomic E-state index is 0.00737. The van der Waals surface area contributed by atoms with Gasteiger partial charge in [-0.15, -0.1) is 5.10 Å². The highest BCUT2D eigenvalue weighted by atomic mass is 16.2. The summed E-state index contributed by atoms with van der Waals surface area (Å²) in [4.78, 5) is 29.1. The molecule has 0 unspecified atom stereocenters. The van der Waals surface area contributed by atoms with E-state index in [-0.39, 0.29) is 19.0 Å². The van der Waals surface area contributed by atoms with Crippen LogP contribution in [-0.4, -0.2) is 33.1 Å². The van der Waals surface area contributed by atoms with Gasteiger partial charge in [-0.3, -0.25) is 15.0 Å². The highest BCUT2D eigenvalue weighted by molar-refractivity contribution is 6.13. The molecule has 4 rings (SSSR count). The first kappa shape index (κ1) is 12.3. The maximum Gasteiger partial charge on any atom is 0.329 e. The Morgan fingerprint density at radius 3 is 2.81 bits per heavy atom. The lowest BCUT2D eigenvalue weighted by Crippen LogP contribution is -2.28. The Labute approximate surface area is 119 Å². The number of urea groups is 1. The van der Waals surface area contributed by atoms with Crippen molar-refractivity contribution in [1.29, 1.82) is 0 Å². The van der Waals surface area contributed by atoms with Crippen LogP contribution in [0.15, 0.2) is 12.3 Å². The number of nitrogens with one attached hydrogen (secondary N) is 1. The first-order valence-corrected chi connectivity index (χ1v) is 6.86. The van der Waals surface area contributed by atoms with Crippen LogP contribution in [0.4, 0.5) is 10.5 Å². The van der Waals surface area contributed by atoms with E-state index in [0.717, 1.165) is 18.4 Å². The molecule has 0 atom stereocenters. The number of hydrogen-bond acceptors (Lipinski definition) is 5. The lowest BCUT2D eigenvalue weighted by molar-refractivity contribution is -0.117. The number of carbonyl (C=O) groups is 2. The van der Waals surface area contributed by atoms with E-state index in [1.807, 2.05) is 12.3 Å². The van der Waals surface area contributed by atoms with Crippen LogP contribution in [0.2, 0.25) is 0 Å². The van der Waals surface area contributed by atoms with E-state index in [4.69, 9.17) is 5.73 Å². The van der Waals surface area contributed by atoms with Crippen molar-refractivity contribution in [1.82, 2.24) is 19.9 Å². The molecule has 1 saturated carbocycles.